The number of aromatic amines is 3. The number of H-pyrrole nitrogens is 3. The molecule has 0 aliphatic carbocycles. The predicted octanol–water partition coefficient (Wildman–Crippen LogP) is -1.95. The molecule has 2 rings (SSSR count). The standard InChI is InChI=1S/C9H7N3O3S/c1-4-11-8(14)6(16-4)2-5-3-10-9(15)12-7(5)13/h2-3H,1H2,(H,11,14)(H2,10,12,13,15)/b6-2-. The van der Waals surface area contributed by atoms with Crippen LogP contribution in [-0.4, -0.2) is 15.0 Å². The van der Waals surface area contributed by atoms with E-state index in [9.17, 15) is 14.4 Å². The Morgan fingerprint density at radius 2 is 1.94 bits per heavy atom. The fourth-order valence-electron chi connectivity index (χ4n) is 1.16. The summed E-state index contributed by atoms with van der Waals surface area (Å²) < 4.78 is 0.875. The summed E-state index contributed by atoms with van der Waals surface area (Å²) in [5.41, 5.74) is -1.21. The van der Waals surface area contributed by atoms with E-state index in [0.29, 0.717) is 9.20 Å². The summed E-state index contributed by atoms with van der Waals surface area (Å²) in [6, 6.07) is 0. The summed E-state index contributed by atoms with van der Waals surface area (Å²) in [6.07, 6.45) is 2.65. The Balaban J connectivity index is 2.73. The monoisotopic (exact) mass is 237 g/mol. The molecule has 2 aromatic rings. The summed E-state index contributed by atoms with van der Waals surface area (Å²) in [7, 11) is 0. The van der Waals surface area contributed by atoms with E-state index in [1.807, 2.05) is 0 Å². The van der Waals surface area contributed by atoms with Crippen molar-refractivity contribution < 1.29 is 0 Å². The van der Waals surface area contributed by atoms with Crippen LogP contribution in [0.25, 0.3) is 12.7 Å². The molecule has 0 radical (unpaired) electrons. The molecule has 0 aliphatic rings. The molecule has 16 heavy (non-hydrogen) atoms. The lowest BCUT2D eigenvalue weighted by atomic mass is 10.3. The molecule has 0 unspecified atom stereocenters. The molecule has 7 heteroatoms. The molecular formula is C9H7N3O3S. The van der Waals surface area contributed by atoms with Crippen LogP contribution < -0.4 is 26.0 Å². The SMILES string of the molecule is C=c1[nH]c(=O)/c(=C/c2c[nH]c(=O)[nH]c2=O)s1. The summed E-state index contributed by atoms with van der Waals surface area (Å²) >= 11 is 1.14. The quantitative estimate of drug-likeness (QED) is 0.537. The molecule has 3 N–H and O–H groups in total. The van der Waals surface area contributed by atoms with E-state index in [2.05, 4.69) is 21.5 Å². The molecule has 2 heterocycles. The van der Waals surface area contributed by atoms with Gasteiger partial charge in [-0.05, 0) is 6.08 Å². The number of nitrogens with one attached hydrogen (secondary N) is 3. The molecule has 0 saturated carbocycles. The number of hydrogen-bond acceptors (Lipinski definition) is 4. The first kappa shape index (κ1) is 10.4. The van der Waals surface area contributed by atoms with Crippen molar-refractivity contribution in [2.75, 3.05) is 0 Å². The van der Waals surface area contributed by atoms with Gasteiger partial charge in [-0.3, -0.25) is 14.6 Å². The van der Waals surface area contributed by atoms with E-state index >= 15 is 0 Å². The first-order chi connectivity index (χ1) is 7.56. The van der Waals surface area contributed by atoms with Gasteiger partial charge in [-0.1, -0.05) is 6.58 Å². The van der Waals surface area contributed by atoms with E-state index in [-0.39, 0.29) is 11.1 Å². The van der Waals surface area contributed by atoms with E-state index in [1.54, 1.807) is 0 Å². The van der Waals surface area contributed by atoms with Crippen molar-refractivity contribution in [1.82, 2.24) is 15.0 Å². The van der Waals surface area contributed by atoms with Crippen LogP contribution in [0, 0.1) is 0 Å². The van der Waals surface area contributed by atoms with Crippen molar-refractivity contribution in [1.29, 1.82) is 0 Å². The number of aromatic nitrogens is 3. The van der Waals surface area contributed by atoms with E-state index < -0.39 is 11.2 Å². The van der Waals surface area contributed by atoms with Crippen LogP contribution in [0.2, 0.25) is 0 Å². The third kappa shape index (κ3) is 1.94. The molecule has 0 aromatic carbocycles. The van der Waals surface area contributed by atoms with E-state index in [0.717, 1.165) is 11.3 Å². The lowest BCUT2D eigenvalue weighted by Gasteiger charge is -1.87. The van der Waals surface area contributed by atoms with Crippen LogP contribution >= 0.6 is 11.3 Å². The highest BCUT2D eigenvalue weighted by Crippen LogP contribution is 1.84. The highest BCUT2D eigenvalue weighted by atomic mass is 32.1. The van der Waals surface area contributed by atoms with Gasteiger partial charge in [0.15, 0.2) is 0 Å². The first-order valence-corrected chi connectivity index (χ1v) is 5.10. The summed E-state index contributed by atoms with van der Waals surface area (Å²) in [4.78, 5) is 40.3. The zero-order valence-electron chi connectivity index (χ0n) is 7.99. The maximum Gasteiger partial charge on any atom is 0.325 e. The second kappa shape index (κ2) is 3.78. The average Bonchev–Trinajstić information content (AvgIpc) is 2.50. The van der Waals surface area contributed by atoms with Gasteiger partial charge >= 0.3 is 5.69 Å². The fraction of sp³-hybridized carbons (Fsp3) is 0. The molecule has 2 aromatic heterocycles. The third-order valence-electron chi connectivity index (χ3n) is 1.84. The Morgan fingerprint density at radius 3 is 2.50 bits per heavy atom. The zero-order valence-corrected chi connectivity index (χ0v) is 8.81. The largest absolute Gasteiger partial charge is 0.325 e. The molecule has 0 aliphatic heterocycles. The second-order valence-corrected chi connectivity index (χ2v) is 4.15. The lowest BCUT2D eigenvalue weighted by Crippen LogP contribution is -2.25. The van der Waals surface area contributed by atoms with Crippen molar-refractivity contribution in [3.63, 3.8) is 0 Å². The van der Waals surface area contributed by atoms with Crippen LogP contribution in [0.15, 0.2) is 20.6 Å². The van der Waals surface area contributed by atoms with Gasteiger partial charge in [0, 0.05) is 6.20 Å². The Hall–Kier alpha value is -2.15. The van der Waals surface area contributed by atoms with Crippen molar-refractivity contribution >= 4 is 24.0 Å². The molecule has 82 valence electrons. The number of thiazole rings is 1. The van der Waals surface area contributed by atoms with Gasteiger partial charge in [-0.25, -0.2) is 4.79 Å². The number of hydrogen-bond donors (Lipinski definition) is 3. The molecular weight excluding hydrogens is 230 g/mol. The molecule has 0 atom stereocenters. The van der Waals surface area contributed by atoms with Gasteiger partial charge in [0.2, 0.25) is 0 Å². The third-order valence-corrected chi connectivity index (χ3v) is 2.72. The van der Waals surface area contributed by atoms with E-state index in [1.165, 1.54) is 12.3 Å². The topological polar surface area (TPSA) is 98.6 Å². The minimum absolute atomic E-state index is 0.215. The summed E-state index contributed by atoms with van der Waals surface area (Å²) in [5.74, 6) is 0. The summed E-state index contributed by atoms with van der Waals surface area (Å²) in [5, 5.41) is 0. The zero-order chi connectivity index (χ0) is 11.7. The highest BCUT2D eigenvalue weighted by molar-refractivity contribution is 7.07. The van der Waals surface area contributed by atoms with Gasteiger partial charge in [0.05, 0.1) is 14.8 Å². The fourth-order valence-corrected chi connectivity index (χ4v) is 1.90. The maximum atomic E-state index is 11.3. The van der Waals surface area contributed by atoms with Crippen LogP contribution in [0.4, 0.5) is 0 Å². The van der Waals surface area contributed by atoms with Gasteiger partial charge in [-0.15, -0.1) is 11.3 Å². The van der Waals surface area contributed by atoms with Gasteiger partial charge < -0.3 is 9.97 Å². The van der Waals surface area contributed by atoms with Crippen LogP contribution in [0.1, 0.15) is 5.56 Å². The maximum absolute atomic E-state index is 11.3. The Kier molecular flexibility index (Phi) is 2.45. The molecule has 0 saturated heterocycles. The smallest absolute Gasteiger partial charge is 0.314 e. The molecule has 0 fully saturated rings. The van der Waals surface area contributed by atoms with Gasteiger partial charge in [-0.2, -0.15) is 0 Å². The summed E-state index contributed by atoms with van der Waals surface area (Å²) in [6.45, 7) is 3.58. The van der Waals surface area contributed by atoms with Gasteiger partial charge in [0.25, 0.3) is 11.1 Å². The molecule has 0 spiro atoms. The highest BCUT2D eigenvalue weighted by Gasteiger charge is 1.98. The predicted molar refractivity (Wildman–Crippen MR) is 61.0 cm³/mol. The molecule has 0 amide bonds. The molecule has 6 nitrogen and oxygen atoms in total. The normalized spacial score (nSPS) is 11.9. The van der Waals surface area contributed by atoms with Crippen molar-refractivity contribution in [2.45, 2.75) is 0 Å². The van der Waals surface area contributed by atoms with Gasteiger partial charge in [0.1, 0.15) is 0 Å². The van der Waals surface area contributed by atoms with Crippen molar-refractivity contribution in [3.05, 3.63) is 52.1 Å². The Morgan fingerprint density at radius 1 is 1.19 bits per heavy atom. The Labute approximate surface area is 91.6 Å². The van der Waals surface area contributed by atoms with Crippen LogP contribution in [0.3, 0.4) is 0 Å². The lowest BCUT2D eigenvalue weighted by molar-refractivity contribution is 1.03. The van der Waals surface area contributed by atoms with E-state index in [4.69, 9.17) is 0 Å². The van der Waals surface area contributed by atoms with Crippen molar-refractivity contribution in [2.24, 2.45) is 0 Å². The molecule has 0 bridgehead atoms. The first-order valence-electron chi connectivity index (χ1n) is 4.28. The van der Waals surface area contributed by atoms with Crippen LogP contribution in [0.5, 0.6) is 0 Å². The minimum Gasteiger partial charge on any atom is -0.314 e. The van der Waals surface area contributed by atoms with Crippen molar-refractivity contribution in [3.8, 4) is 0 Å². The minimum atomic E-state index is -0.583. The number of rotatable bonds is 1. The Bertz CT molecular complexity index is 793. The second-order valence-electron chi connectivity index (χ2n) is 3.02. The van der Waals surface area contributed by atoms with Crippen LogP contribution in [-0.2, 0) is 0 Å². The average molecular weight is 237 g/mol.